The number of hydrogen-bond donors (Lipinski definition) is 2. The highest BCUT2D eigenvalue weighted by Crippen LogP contribution is 2.23. The average molecular weight is 381 g/mol. The molecule has 0 aromatic heterocycles. The molecule has 2 aromatic carbocycles. The van der Waals surface area contributed by atoms with Gasteiger partial charge < -0.3 is 15.8 Å². The van der Waals surface area contributed by atoms with Crippen LogP contribution in [-0.4, -0.2) is 19.1 Å². The topological polar surface area (TPSA) is 64.4 Å². The molecule has 0 saturated carbocycles. The maximum atomic E-state index is 13.5. The normalized spacial score (nSPS) is 10.5. The molecule has 0 atom stereocenters. The number of benzene rings is 2. The van der Waals surface area contributed by atoms with Crippen molar-refractivity contribution in [3.05, 3.63) is 63.9 Å². The quantitative estimate of drug-likeness (QED) is 0.692. The molecule has 0 fully saturated rings. The van der Waals surface area contributed by atoms with Crippen molar-refractivity contribution < 1.29 is 13.9 Å². The minimum atomic E-state index is -0.522. The van der Waals surface area contributed by atoms with Crippen LogP contribution in [0, 0.1) is 5.82 Å². The summed E-state index contributed by atoms with van der Waals surface area (Å²) in [4.78, 5) is 10.8. The molecule has 23 heavy (non-hydrogen) atoms. The van der Waals surface area contributed by atoms with Crippen LogP contribution >= 0.6 is 15.9 Å². The van der Waals surface area contributed by atoms with E-state index < -0.39 is 5.91 Å². The predicted octanol–water partition coefficient (Wildman–Crippen LogP) is 2.78. The zero-order valence-electron chi connectivity index (χ0n) is 12.5. The molecule has 3 N–H and O–H groups in total. The van der Waals surface area contributed by atoms with Crippen molar-refractivity contribution in [1.82, 2.24) is 5.32 Å². The van der Waals surface area contributed by atoms with E-state index in [1.807, 2.05) is 18.2 Å². The Morgan fingerprint density at radius 3 is 2.74 bits per heavy atom. The van der Waals surface area contributed by atoms with E-state index in [2.05, 4.69) is 21.2 Å². The minimum absolute atomic E-state index is 0.163. The molecule has 0 heterocycles. The first-order valence-corrected chi connectivity index (χ1v) is 7.99. The number of amides is 1. The average Bonchev–Trinajstić information content (AvgIpc) is 2.52. The molecular formula is C17H18BrFN2O2. The molecule has 4 nitrogen and oxygen atoms in total. The van der Waals surface area contributed by atoms with Crippen molar-refractivity contribution in [1.29, 1.82) is 0 Å². The third kappa shape index (κ3) is 5.65. The molecule has 0 bridgehead atoms. The first-order chi connectivity index (χ1) is 11.1. The third-order valence-corrected chi connectivity index (χ3v) is 3.73. The van der Waals surface area contributed by atoms with E-state index in [0.29, 0.717) is 30.8 Å². The van der Waals surface area contributed by atoms with Gasteiger partial charge in [0, 0.05) is 16.6 Å². The lowest BCUT2D eigenvalue weighted by Gasteiger charge is -2.12. The fraction of sp³-hybridized carbons (Fsp3) is 0.235. The van der Waals surface area contributed by atoms with Crippen LogP contribution < -0.4 is 15.8 Å². The van der Waals surface area contributed by atoms with Gasteiger partial charge >= 0.3 is 0 Å². The monoisotopic (exact) mass is 380 g/mol. The van der Waals surface area contributed by atoms with Crippen LogP contribution in [0.1, 0.15) is 11.1 Å². The first kappa shape index (κ1) is 17.4. The molecule has 0 aliphatic carbocycles. The van der Waals surface area contributed by atoms with Gasteiger partial charge in [0.15, 0.2) is 6.61 Å². The van der Waals surface area contributed by atoms with Gasteiger partial charge in [-0.1, -0.05) is 34.1 Å². The molecule has 0 aliphatic rings. The Bertz CT molecular complexity index is 679. The van der Waals surface area contributed by atoms with Gasteiger partial charge in [-0.15, -0.1) is 0 Å². The number of rotatable bonds is 8. The van der Waals surface area contributed by atoms with Crippen LogP contribution in [0.5, 0.6) is 5.75 Å². The Labute approximate surface area is 143 Å². The summed E-state index contributed by atoms with van der Waals surface area (Å²) in [5.74, 6) is -0.112. The van der Waals surface area contributed by atoms with Gasteiger partial charge in [0.05, 0.1) is 0 Å². The van der Waals surface area contributed by atoms with Gasteiger partial charge in [-0.2, -0.15) is 0 Å². The summed E-state index contributed by atoms with van der Waals surface area (Å²) in [6.45, 7) is 1.01. The Morgan fingerprint density at radius 1 is 1.22 bits per heavy atom. The molecule has 0 spiro atoms. The summed E-state index contributed by atoms with van der Waals surface area (Å²) in [5, 5.41) is 3.25. The second-order valence-electron chi connectivity index (χ2n) is 5.03. The largest absolute Gasteiger partial charge is 0.483 e. The van der Waals surface area contributed by atoms with Crippen molar-refractivity contribution in [2.24, 2.45) is 5.73 Å². The van der Waals surface area contributed by atoms with Gasteiger partial charge in [-0.05, 0) is 42.8 Å². The van der Waals surface area contributed by atoms with E-state index >= 15 is 0 Å². The highest BCUT2D eigenvalue weighted by Gasteiger charge is 2.07. The van der Waals surface area contributed by atoms with E-state index in [-0.39, 0.29) is 12.4 Å². The maximum Gasteiger partial charge on any atom is 0.255 e. The highest BCUT2D eigenvalue weighted by atomic mass is 79.9. The number of hydrogen-bond acceptors (Lipinski definition) is 3. The predicted molar refractivity (Wildman–Crippen MR) is 90.6 cm³/mol. The summed E-state index contributed by atoms with van der Waals surface area (Å²) in [6, 6.07) is 12.3. The second kappa shape index (κ2) is 8.64. The number of carbonyl (C=O) groups excluding carboxylic acids is 1. The Hall–Kier alpha value is -1.92. The standard InChI is InChI=1S/C17H18BrFN2O2/c18-14-5-6-16(23-11-17(20)22)13(9-14)10-21-8-7-12-3-1-2-4-15(12)19/h1-6,9,21H,7-8,10-11H2,(H2,20,22). The Morgan fingerprint density at radius 2 is 2.00 bits per heavy atom. The van der Waals surface area contributed by atoms with Crippen LogP contribution in [0.3, 0.4) is 0 Å². The van der Waals surface area contributed by atoms with Crippen LogP contribution in [-0.2, 0) is 17.8 Å². The molecule has 0 unspecified atom stereocenters. The van der Waals surface area contributed by atoms with Crippen molar-refractivity contribution in [3.8, 4) is 5.75 Å². The van der Waals surface area contributed by atoms with E-state index in [4.69, 9.17) is 10.5 Å². The van der Waals surface area contributed by atoms with Crippen LogP contribution in [0.25, 0.3) is 0 Å². The fourth-order valence-electron chi connectivity index (χ4n) is 2.12. The Balaban J connectivity index is 1.90. The van der Waals surface area contributed by atoms with Crippen LogP contribution in [0.2, 0.25) is 0 Å². The third-order valence-electron chi connectivity index (χ3n) is 3.24. The smallest absolute Gasteiger partial charge is 0.255 e. The van der Waals surface area contributed by atoms with Crippen molar-refractivity contribution >= 4 is 21.8 Å². The molecule has 122 valence electrons. The van der Waals surface area contributed by atoms with E-state index in [0.717, 1.165) is 10.0 Å². The summed E-state index contributed by atoms with van der Waals surface area (Å²) in [7, 11) is 0. The van der Waals surface area contributed by atoms with Gasteiger partial charge in [0.2, 0.25) is 0 Å². The number of nitrogens with one attached hydrogen (secondary N) is 1. The van der Waals surface area contributed by atoms with E-state index in [1.54, 1.807) is 18.2 Å². The molecule has 0 saturated heterocycles. The molecular weight excluding hydrogens is 363 g/mol. The van der Waals surface area contributed by atoms with Crippen LogP contribution in [0.4, 0.5) is 4.39 Å². The number of ether oxygens (including phenoxy) is 1. The molecule has 2 aromatic rings. The molecule has 6 heteroatoms. The van der Waals surface area contributed by atoms with Gasteiger partial charge in [-0.25, -0.2) is 4.39 Å². The number of primary amides is 1. The number of carbonyl (C=O) groups is 1. The molecule has 0 aliphatic heterocycles. The SMILES string of the molecule is NC(=O)COc1ccc(Br)cc1CNCCc1ccccc1F. The lowest BCUT2D eigenvalue weighted by Crippen LogP contribution is -2.21. The molecule has 0 radical (unpaired) electrons. The van der Waals surface area contributed by atoms with E-state index in [1.165, 1.54) is 6.07 Å². The molecule has 1 amide bonds. The van der Waals surface area contributed by atoms with E-state index in [9.17, 15) is 9.18 Å². The van der Waals surface area contributed by atoms with Crippen molar-refractivity contribution in [2.75, 3.05) is 13.2 Å². The van der Waals surface area contributed by atoms with Gasteiger partial charge in [0.1, 0.15) is 11.6 Å². The first-order valence-electron chi connectivity index (χ1n) is 7.20. The zero-order chi connectivity index (χ0) is 16.7. The van der Waals surface area contributed by atoms with Gasteiger partial charge in [0.25, 0.3) is 5.91 Å². The summed E-state index contributed by atoms with van der Waals surface area (Å²) < 4.78 is 19.8. The minimum Gasteiger partial charge on any atom is -0.483 e. The fourth-order valence-corrected chi connectivity index (χ4v) is 2.53. The summed E-state index contributed by atoms with van der Waals surface area (Å²) in [6.07, 6.45) is 0.595. The lowest BCUT2D eigenvalue weighted by atomic mass is 10.1. The van der Waals surface area contributed by atoms with Crippen molar-refractivity contribution in [2.45, 2.75) is 13.0 Å². The summed E-state index contributed by atoms with van der Waals surface area (Å²) >= 11 is 3.41. The summed E-state index contributed by atoms with van der Waals surface area (Å²) in [5.41, 5.74) is 6.67. The molecule has 2 rings (SSSR count). The maximum absolute atomic E-state index is 13.5. The number of nitrogens with two attached hydrogens (primary N) is 1. The Kier molecular flexibility index (Phi) is 6.55. The zero-order valence-corrected chi connectivity index (χ0v) is 14.1. The number of halogens is 2. The van der Waals surface area contributed by atoms with Crippen molar-refractivity contribution in [3.63, 3.8) is 0 Å². The van der Waals surface area contributed by atoms with Gasteiger partial charge in [-0.3, -0.25) is 4.79 Å². The lowest BCUT2D eigenvalue weighted by molar-refractivity contribution is -0.119. The second-order valence-corrected chi connectivity index (χ2v) is 5.94. The highest BCUT2D eigenvalue weighted by molar-refractivity contribution is 9.10. The van der Waals surface area contributed by atoms with Crippen LogP contribution in [0.15, 0.2) is 46.9 Å².